The van der Waals surface area contributed by atoms with E-state index in [0.717, 1.165) is 5.56 Å². The fourth-order valence-corrected chi connectivity index (χ4v) is 9.63. The van der Waals surface area contributed by atoms with Gasteiger partial charge in [0.15, 0.2) is 0 Å². The summed E-state index contributed by atoms with van der Waals surface area (Å²) in [6.45, 7) is 16.1. The lowest BCUT2D eigenvalue weighted by Gasteiger charge is -2.43. The average molecular weight is 511 g/mol. The number of hydrogen-bond donors (Lipinski definition) is 1. The number of hydrogen-bond acceptors (Lipinski definition) is 2. The number of rotatable bonds is 6. The van der Waals surface area contributed by atoms with Gasteiger partial charge < -0.3 is 9.53 Å². The van der Waals surface area contributed by atoms with Crippen LogP contribution in [0.15, 0.2) is 97.1 Å². The van der Waals surface area contributed by atoms with Gasteiger partial charge in [-0.1, -0.05) is 118 Å². The molecule has 37 heavy (non-hydrogen) atoms. The van der Waals surface area contributed by atoms with Crippen LogP contribution >= 0.6 is 0 Å². The lowest BCUT2D eigenvalue weighted by molar-refractivity contribution is 0.280. The Hall–Kier alpha value is -2.98. The molecular formula is C34H42O2Si. The highest BCUT2D eigenvalue weighted by atomic mass is 28.4. The molecule has 0 radical (unpaired) electrons. The number of aliphatic hydroxyl groups is 1. The van der Waals surface area contributed by atoms with E-state index in [1.165, 1.54) is 38.2 Å². The largest absolute Gasteiger partial charge is 0.403 e. The lowest BCUT2D eigenvalue weighted by Crippen LogP contribution is -2.66. The molecule has 4 rings (SSSR count). The van der Waals surface area contributed by atoms with Crippen LogP contribution in [0.2, 0.25) is 5.04 Å². The van der Waals surface area contributed by atoms with Gasteiger partial charge in [0.25, 0.3) is 8.32 Å². The summed E-state index contributed by atoms with van der Waals surface area (Å²) in [6, 6.07) is 34.2. The molecule has 194 valence electrons. The van der Waals surface area contributed by atoms with Crippen molar-refractivity contribution in [2.45, 2.75) is 66.7 Å². The highest BCUT2D eigenvalue weighted by Gasteiger charge is 2.50. The van der Waals surface area contributed by atoms with E-state index in [-0.39, 0.29) is 11.6 Å². The molecule has 0 atom stereocenters. The summed E-state index contributed by atoms with van der Waals surface area (Å²) < 4.78 is 7.05. The zero-order valence-electron chi connectivity index (χ0n) is 23.5. The van der Waals surface area contributed by atoms with E-state index in [0.29, 0.717) is 6.61 Å². The van der Waals surface area contributed by atoms with Crippen molar-refractivity contribution >= 4 is 18.7 Å². The maximum atomic E-state index is 8.90. The van der Waals surface area contributed by atoms with Crippen molar-refractivity contribution in [3.05, 3.63) is 130 Å². The Bertz CT molecular complexity index is 1190. The van der Waals surface area contributed by atoms with E-state index < -0.39 is 8.32 Å². The summed E-state index contributed by atoms with van der Waals surface area (Å²) in [6.07, 6.45) is 0. The van der Waals surface area contributed by atoms with Crippen molar-refractivity contribution in [2.24, 2.45) is 0 Å². The van der Waals surface area contributed by atoms with Crippen molar-refractivity contribution in [3.63, 3.8) is 0 Å². The maximum absolute atomic E-state index is 8.90. The first-order valence-electron chi connectivity index (χ1n) is 13.1. The molecule has 0 aliphatic rings. The zero-order chi connectivity index (χ0) is 27.1. The molecule has 0 aliphatic carbocycles. The molecule has 0 amide bonds. The lowest BCUT2D eigenvalue weighted by atomic mass is 10.0. The van der Waals surface area contributed by atoms with Gasteiger partial charge in [-0.25, -0.2) is 0 Å². The van der Waals surface area contributed by atoms with E-state index in [1.54, 1.807) is 0 Å². The molecule has 4 aromatic carbocycles. The van der Waals surface area contributed by atoms with Gasteiger partial charge in [0, 0.05) is 0 Å². The minimum absolute atomic E-state index is 0.00625. The molecule has 1 N–H and O–H groups in total. The van der Waals surface area contributed by atoms with Gasteiger partial charge in [0.1, 0.15) is 0 Å². The predicted octanol–water partition coefficient (Wildman–Crippen LogP) is 7.18. The van der Waals surface area contributed by atoms with Crippen LogP contribution in [0.4, 0.5) is 0 Å². The molecule has 0 aliphatic heterocycles. The highest BCUT2D eigenvalue weighted by Crippen LogP contribution is 2.37. The third-order valence-corrected chi connectivity index (χ3v) is 12.3. The average Bonchev–Trinajstić information content (AvgIpc) is 2.87. The van der Waals surface area contributed by atoms with Crippen LogP contribution in [0.3, 0.4) is 0 Å². The Labute approximate surface area is 225 Å². The zero-order valence-corrected chi connectivity index (χ0v) is 24.5. The van der Waals surface area contributed by atoms with Crippen LogP contribution < -0.4 is 10.4 Å². The Morgan fingerprint density at radius 3 is 1.27 bits per heavy atom. The fraction of sp³-hybridized carbons (Fsp3) is 0.294. The molecule has 0 saturated heterocycles. The number of benzene rings is 4. The van der Waals surface area contributed by atoms with Crippen molar-refractivity contribution < 1.29 is 9.53 Å². The first kappa shape index (κ1) is 28.6. The van der Waals surface area contributed by atoms with E-state index in [1.807, 2.05) is 32.0 Å². The van der Waals surface area contributed by atoms with Gasteiger partial charge in [0.2, 0.25) is 0 Å². The molecule has 0 unspecified atom stereocenters. The Balaban J connectivity index is 0.000000319. The highest BCUT2D eigenvalue weighted by molar-refractivity contribution is 6.99. The van der Waals surface area contributed by atoms with Crippen molar-refractivity contribution in [1.29, 1.82) is 0 Å². The normalized spacial score (nSPS) is 11.6. The Kier molecular flexibility index (Phi) is 9.66. The second-order valence-electron chi connectivity index (χ2n) is 10.9. The second-order valence-corrected chi connectivity index (χ2v) is 15.2. The smallest absolute Gasteiger partial charge is 0.261 e. The molecule has 2 nitrogen and oxygen atoms in total. The fourth-order valence-electron chi connectivity index (χ4n) is 5.12. The third-order valence-electron chi connectivity index (χ3n) is 7.30. The van der Waals surface area contributed by atoms with Crippen LogP contribution in [0.1, 0.15) is 54.2 Å². The summed E-state index contributed by atoms with van der Waals surface area (Å²) in [5, 5.41) is 11.6. The van der Waals surface area contributed by atoms with Gasteiger partial charge >= 0.3 is 0 Å². The topological polar surface area (TPSA) is 29.5 Å². The van der Waals surface area contributed by atoms with Crippen LogP contribution in [-0.2, 0) is 17.6 Å². The summed E-state index contributed by atoms with van der Waals surface area (Å²) in [4.78, 5) is 0. The number of aliphatic hydroxyl groups excluding tert-OH is 1. The number of aryl methyl sites for hydroxylation is 4. The van der Waals surface area contributed by atoms with E-state index in [9.17, 15) is 0 Å². The minimum atomic E-state index is -2.48. The molecule has 4 aromatic rings. The second kappa shape index (κ2) is 12.5. The van der Waals surface area contributed by atoms with Crippen molar-refractivity contribution in [1.82, 2.24) is 0 Å². The first-order chi connectivity index (χ1) is 17.6. The molecule has 3 heteroatoms. The monoisotopic (exact) mass is 510 g/mol. The standard InChI is InChI=1S/C25H30OSi.C9H12O/c1-20-13-12-14-21(2)24(20)19-26-27(25(3,4)5,22-15-8-6-9-16-22)23-17-10-7-11-18-23;1-7-4-3-5-8(2)9(7)6-10/h6-18H,19H2,1-5H3;3-5,10H,6H2,1-2H3. The predicted molar refractivity (Wildman–Crippen MR) is 160 cm³/mol. The van der Waals surface area contributed by atoms with Gasteiger partial charge in [-0.05, 0) is 76.5 Å². The molecular weight excluding hydrogens is 468 g/mol. The van der Waals surface area contributed by atoms with E-state index >= 15 is 0 Å². The summed E-state index contributed by atoms with van der Waals surface area (Å²) in [7, 11) is -2.48. The SMILES string of the molecule is Cc1cccc(C)c1CO.Cc1cccc(C)c1CO[Si](c1ccccc1)(c1ccccc1)C(C)(C)C. The van der Waals surface area contributed by atoms with Crippen molar-refractivity contribution in [3.8, 4) is 0 Å². The van der Waals surface area contributed by atoms with Crippen LogP contribution in [-0.4, -0.2) is 13.4 Å². The van der Waals surface area contributed by atoms with Gasteiger partial charge in [0.05, 0.1) is 13.2 Å². The van der Waals surface area contributed by atoms with Crippen LogP contribution in [0.5, 0.6) is 0 Å². The third kappa shape index (κ3) is 6.48. The molecule has 0 aromatic heterocycles. The van der Waals surface area contributed by atoms with E-state index in [4.69, 9.17) is 9.53 Å². The molecule has 0 saturated carbocycles. The van der Waals surface area contributed by atoms with Crippen LogP contribution in [0.25, 0.3) is 0 Å². The van der Waals surface area contributed by atoms with Gasteiger partial charge in [-0.3, -0.25) is 0 Å². The summed E-state index contributed by atoms with van der Waals surface area (Å²) >= 11 is 0. The molecule has 0 fully saturated rings. The van der Waals surface area contributed by atoms with Gasteiger partial charge in [-0.2, -0.15) is 0 Å². The summed E-state index contributed by atoms with van der Waals surface area (Å²) in [5.41, 5.74) is 7.30. The first-order valence-corrected chi connectivity index (χ1v) is 15.0. The van der Waals surface area contributed by atoms with E-state index in [2.05, 4.69) is 113 Å². The minimum Gasteiger partial charge on any atom is -0.403 e. The molecule has 0 bridgehead atoms. The maximum Gasteiger partial charge on any atom is 0.261 e. The molecule has 0 spiro atoms. The quantitative estimate of drug-likeness (QED) is 0.279. The van der Waals surface area contributed by atoms with Crippen LogP contribution in [0, 0.1) is 27.7 Å². The Morgan fingerprint density at radius 1 is 0.568 bits per heavy atom. The summed E-state index contributed by atoms with van der Waals surface area (Å²) in [5.74, 6) is 0. The molecule has 0 heterocycles. The van der Waals surface area contributed by atoms with Crippen molar-refractivity contribution in [2.75, 3.05) is 0 Å². The Morgan fingerprint density at radius 2 is 0.946 bits per heavy atom. The van der Waals surface area contributed by atoms with Gasteiger partial charge in [-0.15, -0.1) is 0 Å².